The van der Waals surface area contributed by atoms with Crippen molar-refractivity contribution in [3.8, 4) is 0 Å². The number of ether oxygens (including phenoxy) is 6. The Balaban J connectivity index is 3.12. The van der Waals surface area contributed by atoms with E-state index in [1.807, 2.05) is 20.8 Å². The lowest BCUT2D eigenvalue weighted by Gasteiger charge is -2.19. The molecule has 0 aromatic carbocycles. The largest absolute Gasteiger partial charge is 0.460 e. The molecule has 0 aromatic rings. The van der Waals surface area contributed by atoms with Crippen LogP contribution < -0.4 is 0 Å². The number of carbonyl (C=O) groups is 1. The summed E-state index contributed by atoms with van der Waals surface area (Å²) in [5.74, 6) is -0.188. The predicted octanol–water partition coefficient (Wildman–Crippen LogP) is 2.60. The Labute approximate surface area is 158 Å². The van der Waals surface area contributed by atoms with Gasteiger partial charge in [0.1, 0.15) is 5.60 Å². The fraction of sp³-hybridized carbons (Fsp3) is 0.947. The van der Waals surface area contributed by atoms with Crippen LogP contribution in [0.1, 0.15) is 47.0 Å². The number of hydrogen-bond acceptors (Lipinski definition) is 7. The standard InChI is InChI=1S/C19H38O7/c1-5-8-21-10-12-23-14-16-25-17-15-24-13-11-22-9-6-7-18(20)26-19(2,3)4/h5-17H2,1-4H3. The van der Waals surface area contributed by atoms with E-state index >= 15 is 0 Å². The molecule has 0 aromatic heterocycles. The molecule has 0 aliphatic heterocycles. The van der Waals surface area contributed by atoms with Crippen LogP contribution in [0.2, 0.25) is 0 Å². The van der Waals surface area contributed by atoms with Crippen molar-refractivity contribution in [2.75, 3.05) is 66.1 Å². The third-order valence-electron chi connectivity index (χ3n) is 2.93. The predicted molar refractivity (Wildman–Crippen MR) is 99.5 cm³/mol. The molecule has 0 saturated heterocycles. The molecule has 0 fully saturated rings. The van der Waals surface area contributed by atoms with Crippen LogP contribution in [0.5, 0.6) is 0 Å². The van der Waals surface area contributed by atoms with E-state index in [0.717, 1.165) is 13.0 Å². The van der Waals surface area contributed by atoms with E-state index in [1.54, 1.807) is 0 Å². The Bertz CT molecular complexity index is 315. The van der Waals surface area contributed by atoms with E-state index in [-0.39, 0.29) is 5.97 Å². The topological polar surface area (TPSA) is 72.5 Å². The van der Waals surface area contributed by atoms with Crippen molar-refractivity contribution < 1.29 is 33.2 Å². The minimum Gasteiger partial charge on any atom is -0.460 e. The maximum Gasteiger partial charge on any atom is 0.306 e. The number of rotatable bonds is 18. The first-order valence-corrected chi connectivity index (χ1v) is 9.56. The van der Waals surface area contributed by atoms with Crippen LogP contribution in [-0.2, 0) is 33.2 Å². The summed E-state index contributed by atoms with van der Waals surface area (Å²) in [6.45, 7) is 13.4. The minimum absolute atomic E-state index is 0.188. The lowest BCUT2D eigenvalue weighted by Crippen LogP contribution is -2.23. The van der Waals surface area contributed by atoms with Crippen LogP contribution in [0.3, 0.4) is 0 Å². The molecule has 0 spiro atoms. The van der Waals surface area contributed by atoms with Gasteiger partial charge in [-0.15, -0.1) is 0 Å². The minimum atomic E-state index is -0.428. The molecule has 0 aliphatic rings. The average Bonchev–Trinajstić information content (AvgIpc) is 2.56. The summed E-state index contributed by atoms with van der Waals surface area (Å²) >= 11 is 0. The molecule has 0 rings (SSSR count). The summed E-state index contributed by atoms with van der Waals surface area (Å²) in [4.78, 5) is 11.5. The first kappa shape index (κ1) is 25.3. The highest BCUT2D eigenvalue weighted by molar-refractivity contribution is 5.69. The van der Waals surface area contributed by atoms with Gasteiger partial charge in [0.2, 0.25) is 0 Å². The van der Waals surface area contributed by atoms with Gasteiger partial charge in [-0.05, 0) is 33.6 Å². The summed E-state index contributed by atoms with van der Waals surface area (Å²) < 4.78 is 32.1. The maximum absolute atomic E-state index is 11.5. The number of esters is 1. The molecular weight excluding hydrogens is 340 g/mol. The average molecular weight is 379 g/mol. The summed E-state index contributed by atoms with van der Waals surface area (Å²) in [7, 11) is 0. The van der Waals surface area contributed by atoms with E-state index in [0.29, 0.717) is 72.3 Å². The fourth-order valence-electron chi connectivity index (χ4n) is 1.84. The molecule has 0 aliphatic carbocycles. The quantitative estimate of drug-likeness (QED) is 0.268. The summed E-state index contributed by atoms with van der Waals surface area (Å²) in [6, 6.07) is 0. The van der Waals surface area contributed by atoms with Gasteiger partial charge in [0.05, 0.1) is 52.9 Å². The smallest absolute Gasteiger partial charge is 0.306 e. The second-order valence-electron chi connectivity index (χ2n) is 6.75. The highest BCUT2D eigenvalue weighted by atomic mass is 16.6. The second-order valence-corrected chi connectivity index (χ2v) is 6.75. The molecule has 0 heterocycles. The van der Waals surface area contributed by atoms with E-state index in [2.05, 4.69) is 6.92 Å². The lowest BCUT2D eigenvalue weighted by atomic mass is 10.2. The van der Waals surface area contributed by atoms with Crippen molar-refractivity contribution in [3.05, 3.63) is 0 Å². The molecule has 26 heavy (non-hydrogen) atoms. The third-order valence-corrected chi connectivity index (χ3v) is 2.93. The van der Waals surface area contributed by atoms with Gasteiger partial charge in [-0.3, -0.25) is 4.79 Å². The van der Waals surface area contributed by atoms with E-state index in [4.69, 9.17) is 28.4 Å². The zero-order valence-electron chi connectivity index (χ0n) is 17.1. The number of carbonyl (C=O) groups excluding carboxylic acids is 1. The molecule has 0 bridgehead atoms. The van der Waals surface area contributed by atoms with E-state index in [1.165, 1.54) is 0 Å². The van der Waals surface area contributed by atoms with Crippen LogP contribution in [0.25, 0.3) is 0 Å². The van der Waals surface area contributed by atoms with Crippen molar-refractivity contribution in [3.63, 3.8) is 0 Å². The van der Waals surface area contributed by atoms with Crippen molar-refractivity contribution in [2.45, 2.75) is 52.6 Å². The van der Waals surface area contributed by atoms with Gasteiger partial charge in [0.15, 0.2) is 0 Å². The van der Waals surface area contributed by atoms with Crippen LogP contribution in [0, 0.1) is 0 Å². The Morgan fingerprint density at radius 3 is 1.42 bits per heavy atom. The van der Waals surface area contributed by atoms with Crippen LogP contribution in [0.4, 0.5) is 0 Å². The highest BCUT2D eigenvalue weighted by Gasteiger charge is 2.15. The fourth-order valence-corrected chi connectivity index (χ4v) is 1.84. The number of hydrogen-bond donors (Lipinski definition) is 0. The molecular formula is C19H38O7. The summed E-state index contributed by atoms with van der Waals surface area (Å²) in [6.07, 6.45) is 2.06. The Kier molecular flexibility index (Phi) is 17.2. The van der Waals surface area contributed by atoms with Gasteiger partial charge in [-0.25, -0.2) is 0 Å². The van der Waals surface area contributed by atoms with Crippen molar-refractivity contribution >= 4 is 5.97 Å². The van der Waals surface area contributed by atoms with Crippen LogP contribution in [0.15, 0.2) is 0 Å². The molecule has 0 N–H and O–H groups in total. The normalized spacial score (nSPS) is 11.7. The summed E-state index contributed by atoms with van der Waals surface area (Å²) in [5, 5.41) is 0. The molecule has 0 unspecified atom stereocenters. The third kappa shape index (κ3) is 21.3. The van der Waals surface area contributed by atoms with Crippen LogP contribution >= 0.6 is 0 Å². The second kappa shape index (κ2) is 17.7. The maximum atomic E-state index is 11.5. The molecule has 0 amide bonds. The molecule has 0 atom stereocenters. The Morgan fingerprint density at radius 1 is 0.654 bits per heavy atom. The van der Waals surface area contributed by atoms with Gasteiger partial charge in [0.25, 0.3) is 0 Å². The van der Waals surface area contributed by atoms with E-state index < -0.39 is 5.60 Å². The zero-order valence-corrected chi connectivity index (χ0v) is 17.1. The van der Waals surface area contributed by atoms with Gasteiger partial charge in [-0.1, -0.05) is 6.92 Å². The highest BCUT2D eigenvalue weighted by Crippen LogP contribution is 2.08. The molecule has 0 radical (unpaired) electrons. The molecule has 0 saturated carbocycles. The van der Waals surface area contributed by atoms with Crippen molar-refractivity contribution in [1.29, 1.82) is 0 Å². The molecule has 7 heteroatoms. The molecule has 7 nitrogen and oxygen atoms in total. The Morgan fingerprint density at radius 2 is 1.04 bits per heavy atom. The van der Waals surface area contributed by atoms with Gasteiger partial charge in [0, 0.05) is 19.6 Å². The monoisotopic (exact) mass is 378 g/mol. The molecule has 156 valence electrons. The van der Waals surface area contributed by atoms with Crippen LogP contribution in [-0.4, -0.2) is 77.6 Å². The zero-order chi connectivity index (χ0) is 19.5. The summed E-state index contributed by atoms with van der Waals surface area (Å²) in [5.41, 5.74) is -0.428. The first-order chi connectivity index (χ1) is 12.5. The van der Waals surface area contributed by atoms with E-state index in [9.17, 15) is 4.79 Å². The lowest BCUT2D eigenvalue weighted by molar-refractivity contribution is -0.155. The van der Waals surface area contributed by atoms with Crippen molar-refractivity contribution in [2.24, 2.45) is 0 Å². The first-order valence-electron chi connectivity index (χ1n) is 9.56. The van der Waals surface area contributed by atoms with Gasteiger partial charge in [-0.2, -0.15) is 0 Å². The van der Waals surface area contributed by atoms with Gasteiger partial charge >= 0.3 is 5.97 Å². The van der Waals surface area contributed by atoms with Crippen molar-refractivity contribution in [1.82, 2.24) is 0 Å². The Hall–Kier alpha value is -0.730. The van der Waals surface area contributed by atoms with Gasteiger partial charge < -0.3 is 28.4 Å². The SMILES string of the molecule is CCCOCCOCCOCCOCCOCCCC(=O)OC(C)(C)C.